The average molecular weight is 375 g/mol. The minimum absolute atomic E-state index is 0.793. The van der Waals surface area contributed by atoms with Gasteiger partial charge in [-0.1, -0.05) is 36.4 Å². The van der Waals surface area contributed by atoms with Crippen molar-refractivity contribution in [2.24, 2.45) is 4.99 Å². The van der Waals surface area contributed by atoms with Crippen molar-refractivity contribution < 1.29 is 4.74 Å². The number of anilines is 1. The second kappa shape index (κ2) is 7.80. The number of nitrogens with zero attached hydrogens (tertiary/aromatic N) is 2. The Morgan fingerprint density at radius 3 is 2.67 bits per heavy atom. The molecule has 1 aromatic heterocycles. The van der Waals surface area contributed by atoms with Gasteiger partial charge in [-0.3, -0.25) is 4.99 Å². The van der Waals surface area contributed by atoms with Gasteiger partial charge in [0.2, 0.25) is 0 Å². The van der Waals surface area contributed by atoms with Crippen molar-refractivity contribution in [3.8, 4) is 16.2 Å². The first-order chi connectivity index (χ1) is 13.2. The number of hydrogen-bond acceptors (Lipinski definition) is 4. The molecule has 1 aliphatic rings. The van der Waals surface area contributed by atoms with Crippen molar-refractivity contribution in [2.45, 2.75) is 0 Å². The molecule has 0 bridgehead atoms. The highest BCUT2D eigenvalue weighted by atomic mass is 32.1. The van der Waals surface area contributed by atoms with Crippen LogP contribution in [0.5, 0.6) is 5.75 Å². The van der Waals surface area contributed by atoms with Crippen LogP contribution in [0.4, 0.5) is 5.69 Å². The van der Waals surface area contributed by atoms with Crippen LogP contribution >= 0.6 is 11.3 Å². The summed E-state index contributed by atoms with van der Waals surface area (Å²) in [6.07, 6.45) is 4.23. The second-order valence-electron chi connectivity index (χ2n) is 6.50. The fourth-order valence-electron chi connectivity index (χ4n) is 3.22. The van der Waals surface area contributed by atoms with Gasteiger partial charge in [-0.25, -0.2) is 0 Å². The van der Waals surface area contributed by atoms with Crippen LogP contribution in [0, 0.1) is 0 Å². The maximum atomic E-state index is 5.23. The van der Waals surface area contributed by atoms with Crippen molar-refractivity contribution in [1.82, 2.24) is 0 Å². The van der Waals surface area contributed by atoms with Crippen LogP contribution in [0.3, 0.4) is 0 Å². The molecule has 136 valence electrons. The van der Waals surface area contributed by atoms with Crippen LogP contribution in [0.15, 0.2) is 71.0 Å². The standard InChI is InChI=1S/C23H22N2OS/c1-25-14-13-24-21(12-7-17-5-9-19(26-2)10-6-17)20-11-8-18(16-22(20)25)23-4-3-15-27-23/h3-12,15-16H,13-14H2,1-2H3. The highest BCUT2D eigenvalue weighted by Crippen LogP contribution is 2.32. The number of methoxy groups -OCH3 is 1. The highest BCUT2D eigenvalue weighted by molar-refractivity contribution is 7.13. The Morgan fingerprint density at radius 1 is 1.07 bits per heavy atom. The summed E-state index contributed by atoms with van der Waals surface area (Å²) in [6.45, 7) is 1.71. The van der Waals surface area contributed by atoms with E-state index in [0.717, 1.165) is 30.1 Å². The fraction of sp³-hybridized carbons (Fsp3) is 0.174. The molecule has 0 N–H and O–H groups in total. The highest BCUT2D eigenvalue weighted by Gasteiger charge is 2.16. The van der Waals surface area contributed by atoms with Gasteiger partial charge in [-0.05, 0) is 46.8 Å². The van der Waals surface area contributed by atoms with Crippen LogP contribution in [-0.4, -0.2) is 33.0 Å². The zero-order valence-electron chi connectivity index (χ0n) is 15.6. The first kappa shape index (κ1) is 17.6. The van der Waals surface area contributed by atoms with Crippen molar-refractivity contribution >= 4 is 28.8 Å². The normalized spacial score (nSPS) is 14.0. The summed E-state index contributed by atoms with van der Waals surface area (Å²) < 4.78 is 5.23. The lowest BCUT2D eigenvalue weighted by Gasteiger charge is -2.20. The minimum Gasteiger partial charge on any atom is -0.497 e. The van der Waals surface area contributed by atoms with E-state index < -0.39 is 0 Å². The first-order valence-corrected chi connectivity index (χ1v) is 9.88. The predicted octanol–water partition coefficient (Wildman–Crippen LogP) is 5.38. The molecule has 3 aromatic rings. The Hall–Kier alpha value is -2.85. The lowest BCUT2D eigenvalue weighted by Crippen LogP contribution is -2.20. The molecule has 4 rings (SSSR count). The summed E-state index contributed by atoms with van der Waals surface area (Å²) in [5.74, 6) is 0.868. The van der Waals surface area contributed by atoms with Gasteiger partial charge >= 0.3 is 0 Å². The van der Waals surface area contributed by atoms with Crippen LogP contribution in [0.25, 0.3) is 16.5 Å². The van der Waals surface area contributed by atoms with Crippen molar-refractivity contribution in [2.75, 3.05) is 32.1 Å². The van der Waals surface area contributed by atoms with Crippen LogP contribution < -0.4 is 9.64 Å². The summed E-state index contributed by atoms with van der Waals surface area (Å²) in [6, 6.07) is 19.0. The number of rotatable bonds is 4. The van der Waals surface area contributed by atoms with E-state index in [1.807, 2.05) is 12.1 Å². The third kappa shape index (κ3) is 3.81. The number of aliphatic imine (C=N–C) groups is 1. The molecule has 0 atom stereocenters. The van der Waals surface area contributed by atoms with Gasteiger partial charge in [0.15, 0.2) is 0 Å². The SMILES string of the molecule is COc1ccc(C=CC2=NCCN(C)c3cc(-c4cccs4)ccc32)cc1. The topological polar surface area (TPSA) is 24.8 Å². The number of thiophene rings is 1. The molecule has 1 aliphatic heterocycles. The molecule has 0 amide bonds. The molecule has 2 aromatic carbocycles. The zero-order valence-corrected chi connectivity index (χ0v) is 16.4. The van der Waals surface area contributed by atoms with Gasteiger partial charge in [-0.2, -0.15) is 0 Å². The van der Waals surface area contributed by atoms with Crippen LogP contribution in [-0.2, 0) is 0 Å². The number of benzene rings is 2. The largest absolute Gasteiger partial charge is 0.497 e. The molecule has 0 aliphatic carbocycles. The Kier molecular flexibility index (Phi) is 5.07. The molecule has 0 unspecified atom stereocenters. The lowest BCUT2D eigenvalue weighted by atomic mass is 10.0. The Balaban J connectivity index is 1.67. The van der Waals surface area contributed by atoms with Crippen LogP contribution in [0.2, 0.25) is 0 Å². The summed E-state index contributed by atoms with van der Waals surface area (Å²) >= 11 is 1.77. The molecular weight excluding hydrogens is 352 g/mol. The maximum absolute atomic E-state index is 5.23. The van der Waals surface area contributed by atoms with E-state index in [0.29, 0.717) is 0 Å². The van der Waals surface area contributed by atoms with Crippen LogP contribution in [0.1, 0.15) is 11.1 Å². The van der Waals surface area contributed by atoms with E-state index in [-0.39, 0.29) is 0 Å². The summed E-state index contributed by atoms with van der Waals surface area (Å²) in [4.78, 5) is 8.41. The van der Waals surface area contributed by atoms with Gasteiger partial charge < -0.3 is 9.64 Å². The van der Waals surface area contributed by atoms with E-state index in [4.69, 9.17) is 9.73 Å². The molecule has 0 saturated heterocycles. The van der Waals surface area contributed by atoms with E-state index in [1.165, 1.54) is 21.7 Å². The van der Waals surface area contributed by atoms with Gasteiger partial charge in [-0.15, -0.1) is 11.3 Å². The fourth-order valence-corrected chi connectivity index (χ4v) is 3.94. The summed E-state index contributed by atoms with van der Waals surface area (Å²) in [5, 5.41) is 2.12. The van der Waals surface area contributed by atoms with Crippen molar-refractivity contribution in [3.63, 3.8) is 0 Å². The third-order valence-corrected chi connectivity index (χ3v) is 5.68. The number of likely N-dealkylation sites (N-methyl/N-ethyl adjacent to an activating group) is 1. The average Bonchev–Trinajstić information content (AvgIpc) is 3.20. The lowest BCUT2D eigenvalue weighted by molar-refractivity contribution is 0.415. The molecular formula is C23H22N2OS. The Bertz CT molecular complexity index is 972. The van der Waals surface area contributed by atoms with E-state index in [9.17, 15) is 0 Å². The first-order valence-electron chi connectivity index (χ1n) is 9.00. The van der Waals surface area contributed by atoms with Crippen molar-refractivity contribution in [3.05, 3.63) is 77.2 Å². The molecule has 3 nitrogen and oxygen atoms in total. The van der Waals surface area contributed by atoms with Gasteiger partial charge in [0.05, 0.1) is 19.4 Å². The van der Waals surface area contributed by atoms with Gasteiger partial charge in [0.1, 0.15) is 5.75 Å². The minimum atomic E-state index is 0.793. The van der Waals surface area contributed by atoms with Gasteiger partial charge in [0, 0.05) is 29.7 Å². The van der Waals surface area contributed by atoms with E-state index in [1.54, 1.807) is 18.4 Å². The molecule has 4 heteroatoms. The molecule has 0 saturated carbocycles. The van der Waals surface area contributed by atoms with E-state index >= 15 is 0 Å². The van der Waals surface area contributed by atoms with Gasteiger partial charge in [0.25, 0.3) is 0 Å². The second-order valence-corrected chi connectivity index (χ2v) is 7.45. The summed E-state index contributed by atoms with van der Waals surface area (Å²) in [5.41, 5.74) is 5.84. The quantitative estimate of drug-likeness (QED) is 0.613. The predicted molar refractivity (Wildman–Crippen MR) is 116 cm³/mol. The van der Waals surface area contributed by atoms with Crippen molar-refractivity contribution in [1.29, 1.82) is 0 Å². The molecule has 0 spiro atoms. The molecule has 2 heterocycles. The Morgan fingerprint density at radius 2 is 1.93 bits per heavy atom. The Labute approximate surface area is 164 Å². The number of hydrogen-bond donors (Lipinski definition) is 0. The smallest absolute Gasteiger partial charge is 0.118 e. The maximum Gasteiger partial charge on any atom is 0.118 e. The molecule has 27 heavy (non-hydrogen) atoms. The third-order valence-electron chi connectivity index (χ3n) is 4.76. The van der Waals surface area contributed by atoms with E-state index in [2.05, 4.69) is 71.9 Å². The number of benzodiazepines with no additional fused rings is 1. The monoisotopic (exact) mass is 374 g/mol. The number of ether oxygens (including phenoxy) is 1. The number of allylic oxidation sites excluding steroid dienone is 1. The molecule has 0 radical (unpaired) electrons. The summed E-state index contributed by atoms with van der Waals surface area (Å²) in [7, 11) is 3.83. The zero-order chi connectivity index (χ0) is 18.6. The molecule has 0 fully saturated rings. The number of fused-ring (bicyclic) bond motifs is 1.